The second kappa shape index (κ2) is 8.33. The summed E-state index contributed by atoms with van der Waals surface area (Å²) >= 11 is 0. The van der Waals surface area contributed by atoms with Crippen molar-refractivity contribution in [3.63, 3.8) is 0 Å². The largest absolute Gasteiger partial charge is 0.350 e. The number of amides is 1. The highest BCUT2D eigenvalue weighted by Gasteiger charge is 2.35. The third kappa shape index (κ3) is 4.35. The minimum atomic E-state index is -0.260. The van der Waals surface area contributed by atoms with Crippen LogP contribution in [0.2, 0.25) is 0 Å². The predicted octanol–water partition coefficient (Wildman–Crippen LogP) is 2.76. The van der Waals surface area contributed by atoms with Crippen LogP contribution in [0.4, 0.5) is 17.5 Å². The second-order valence-corrected chi connectivity index (χ2v) is 8.33. The molecule has 0 fully saturated rings. The average Bonchev–Trinajstić information content (AvgIpc) is 3.16. The van der Waals surface area contributed by atoms with Gasteiger partial charge in [-0.25, -0.2) is 4.98 Å². The van der Waals surface area contributed by atoms with Crippen molar-refractivity contribution in [1.82, 2.24) is 24.7 Å². The van der Waals surface area contributed by atoms with Crippen LogP contribution in [0.25, 0.3) is 0 Å². The molecule has 3 aromatic rings. The first-order valence-electron chi connectivity index (χ1n) is 10.4. The summed E-state index contributed by atoms with van der Waals surface area (Å²) in [6, 6.07) is 3.80. The fourth-order valence-corrected chi connectivity index (χ4v) is 3.84. The maximum absolute atomic E-state index is 12.5. The molecule has 1 amide bonds. The van der Waals surface area contributed by atoms with Crippen LogP contribution in [-0.4, -0.2) is 43.7 Å². The van der Waals surface area contributed by atoms with E-state index in [9.17, 15) is 4.79 Å². The number of carbonyl (C=O) groups excluding carboxylic acids is 1. The molecule has 2 N–H and O–H groups in total. The molecule has 0 aliphatic carbocycles. The van der Waals surface area contributed by atoms with Gasteiger partial charge < -0.3 is 15.5 Å². The van der Waals surface area contributed by atoms with E-state index < -0.39 is 0 Å². The van der Waals surface area contributed by atoms with Crippen molar-refractivity contribution >= 4 is 23.4 Å². The lowest BCUT2D eigenvalue weighted by molar-refractivity contribution is -0.118. The Morgan fingerprint density at radius 2 is 1.97 bits per heavy atom. The van der Waals surface area contributed by atoms with Crippen molar-refractivity contribution in [3.05, 3.63) is 53.2 Å². The molecule has 9 heteroatoms. The highest BCUT2D eigenvalue weighted by atomic mass is 16.2. The summed E-state index contributed by atoms with van der Waals surface area (Å²) in [4.78, 5) is 27.9. The van der Waals surface area contributed by atoms with Gasteiger partial charge in [0, 0.05) is 37.2 Å². The van der Waals surface area contributed by atoms with E-state index in [-0.39, 0.29) is 17.9 Å². The zero-order chi connectivity index (χ0) is 22.1. The Bertz CT molecular complexity index is 1090. The lowest BCUT2D eigenvalue weighted by Crippen LogP contribution is -2.49. The summed E-state index contributed by atoms with van der Waals surface area (Å²) in [6.07, 6.45) is 5.71. The van der Waals surface area contributed by atoms with Crippen molar-refractivity contribution in [2.45, 2.75) is 46.8 Å². The van der Waals surface area contributed by atoms with Gasteiger partial charge in [0.1, 0.15) is 11.7 Å². The number of fused-ring (bicyclic) bond motifs is 1. The molecule has 162 valence electrons. The number of aryl methyl sites for hydroxylation is 2. The molecule has 0 radical (unpaired) electrons. The van der Waals surface area contributed by atoms with Gasteiger partial charge in [-0.05, 0) is 31.4 Å². The first kappa shape index (κ1) is 20.8. The Morgan fingerprint density at radius 3 is 2.68 bits per heavy atom. The van der Waals surface area contributed by atoms with Gasteiger partial charge in [-0.1, -0.05) is 19.9 Å². The average molecular weight is 421 g/mol. The van der Waals surface area contributed by atoms with Crippen LogP contribution in [0, 0.1) is 19.8 Å². The lowest BCUT2D eigenvalue weighted by Gasteiger charge is -2.36. The normalized spacial score (nSPS) is 15.7. The first-order chi connectivity index (χ1) is 14.8. The Kier molecular flexibility index (Phi) is 5.58. The number of likely N-dealkylation sites (N-methyl/N-ethyl adjacent to an activating group) is 1. The molecule has 31 heavy (non-hydrogen) atoms. The third-order valence-corrected chi connectivity index (χ3v) is 5.43. The number of nitrogens with zero attached hydrogens (tertiary/aromatic N) is 6. The quantitative estimate of drug-likeness (QED) is 0.632. The number of hydrogen-bond acceptors (Lipinski definition) is 7. The number of pyridine rings is 1. The third-order valence-electron chi connectivity index (χ3n) is 5.43. The number of anilines is 3. The molecule has 1 aliphatic heterocycles. The van der Waals surface area contributed by atoms with Gasteiger partial charge >= 0.3 is 0 Å². The van der Waals surface area contributed by atoms with Crippen LogP contribution in [0.5, 0.6) is 0 Å². The highest BCUT2D eigenvalue weighted by molar-refractivity contribution is 6.03. The van der Waals surface area contributed by atoms with Gasteiger partial charge in [0.2, 0.25) is 11.9 Å². The predicted molar refractivity (Wildman–Crippen MR) is 120 cm³/mol. The molecule has 1 atom stereocenters. The Hall–Kier alpha value is -3.49. The second-order valence-electron chi connectivity index (χ2n) is 8.33. The van der Waals surface area contributed by atoms with E-state index >= 15 is 0 Å². The van der Waals surface area contributed by atoms with Crippen molar-refractivity contribution in [1.29, 1.82) is 0 Å². The molecule has 1 aliphatic rings. The summed E-state index contributed by atoms with van der Waals surface area (Å²) in [5.41, 5.74) is 4.54. The number of rotatable bonds is 6. The fourth-order valence-electron chi connectivity index (χ4n) is 3.84. The molecule has 9 nitrogen and oxygen atoms in total. The number of nitrogens with one attached hydrogen (secondary N) is 2. The summed E-state index contributed by atoms with van der Waals surface area (Å²) < 4.78 is 1.89. The molecule has 3 aromatic heterocycles. The van der Waals surface area contributed by atoms with Gasteiger partial charge in [-0.2, -0.15) is 10.1 Å². The van der Waals surface area contributed by atoms with E-state index in [1.54, 1.807) is 0 Å². The highest BCUT2D eigenvalue weighted by Crippen LogP contribution is 2.34. The number of hydrogen-bond donors (Lipinski definition) is 2. The molecule has 0 saturated heterocycles. The van der Waals surface area contributed by atoms with Gasteiger partial charge in [0.25, 0.3) is 0 Å². The fraction of sp³-hybridized carbons (Fsp3) is 0.409. The monoisotopic (exact) mass is 420 g/mol. The van der Waals surface area contributed by atoms with Gasteiger partial charge in [-0.3, -0.25) is 14.5 Å². The van der Waals surface area contributed by atoms with Gasteiger partial charge in [0.15, 0.2) is 5.82 Å². The summed E-state index contributed by atoms with van der Waals surface area (Å²) in [5.74, 6) is 1.40. The Morgan fingerprint density at radius 1 is 1.16 bits per heavy atom. The van der Waals surface area contributed by atoms with E-state index in [0.29, 0.717) is 24.7 Å². The zero-order valence-corrected chi connectivity index (χ0v) is 18.5. The van der Waals surface area contributed by atoms with Crippen LogP contribution in [0.3, 0.4) is 0 Å². The van der Waals surface area contributed by atoms with Crippen LogP contribution in [0.15, 0.2) is 30.7 Å². The van der Waals surface area contributed by atoms with Crippen molar-refractivity contribution < 1.29 is 4.79 Å². The maximum Gasteiger partial charge on any atom is 0.247 e. The van der Waals surface area contributed by atoms with Crippen molar-refractivity contribution in [2.24, 2.45) is 5.92 Å². The van der Waals surface area contributed by atoms with Crippen LogP contribution in [0.1, 0.15) is 36.4 Å². The molecular formula is C22H28N8O. The SMILES string of the molecule is Cc1ccc(Cn2cc(CNc3nc(C)c4c(n3)N(C)[C@@H](C(C)C)C(=O)N4)cn2)cn1. The Balaban J connectivity index is 1.46. The number of aromatic nitrogens is 5. The summed E-state index contributed by atoms with van der Waals surface area (Å²) in [7, 11) is 1.91. The Labute approximate surface area is 181 Å². The molecule has 0 saturated carbocycles. The van der Waals surface area contributed by atoms with Crippen molar-refractivity contribution in [3.8, 4) is 0 Å². The number of carbonyl (C=O) groups is 1. The minimum absolute atomic E-state index is 0.0198. The lowest BCUT2D eigenvalue weighted by atomic mass is 9.99. The van der Waals surface area contributed by atoms with E-state index in [4.69, 9.17) is 0 Å². The van der Waals surface area contributed by atoms with Crippen LogP contribution >= 0.6 is 0 Å². The summed E-state index contributed by atoms with van der Waals surface area (Å²) in [6.45, 7) is 9.13. The van der Waals surface area contributed by atoms with Gasteiger partial charge in [-0.15, -0.1) is 0 Å². The molecule has 0 aromatic carbocycles. The molecule has 0 bridgehead atoms. The van der Waals surface area contributed by atoms with Crippen LogP contribution in [-0.2, 0) is 17.9 Å². The molecule has 0 unspecified atom stereocenters. The van der Waals surface area contributed by atoms with Crippen LogP contribution < -0.4 is 15.5 Å². The smallest absolute Gasteiger partial charge is 0.247 e. The standard InChI is InChI=1S/C22H28N8O/c1-13(2)19-21(31)27-18-15(4)26-22(28-20(18)29(19)5)24-9-17-10-25-30(12-17)11-16-7-6-14(3)23-8-16/h6-8,10,12-13,19H,9,11H2,1-5H3,(H,27,31)(H,24,26,28)/t19-/m0/s1. The first-order valence-corrected chi connectivity index (χ1v) is 10.4. The maximum atomic E-state index is 12.5. The molecule has 4 heterocycles. The van der Waals surface area contributed by atoms with E-state index in [0.717, 1.165) is 28.3 Å². The topological polar surface area (TPSA) is 101 Å². The summed E-state index contributed by atoms with van der Waals surface area (Å²) in [5, 5.41) is 10.7. The molecule has 4 rings (SSSR count). The van der Waals surface area contributed by atoms with Crippen molar-refractivity contribution in [2.75, 3.05) is 22.6 Å². The molecular weight excluding hydrogens is 392 g/mol. The zero-order valence-electron chi connectivity index (χ0n) is 18.5. The van der Waals surface area contributed by atoms with E-state index in [1.807, 2.05) is 69.0 Å². The minimum Gasteiger partial charge on any atom is -0.350 e. The van der Waals surface area contributed by atoms with Gasteiger partial charge in [0.05, 0.1) is 18.4 Å². The van der Waals surface area contributed by atoms with E-state index in [2.05, 4.69) is 36.8 Å². The molecule has 0 spiro atoms. The van der Waals surface area contributed by atoms with E-state index in [1.165, 1.54) is 0 Å².